The Morgan fingerprint density at radius 1 is 1.41 bits per heavy atom. The molecule has 0 bridgehead atoms. The lowest BCUT2D eigenvalue weighted by atomic mass is 9.97. The summed E-state index contributed by atoms with van der Waals surface area (Å²) < 4.78 is 0. The second kappa shape index (κ2) is 4.89. The lowest BCUT2D eigenvalue weighted by molar-refractivity contribution is 0.0501. The highest BCUT2D eigenvalue weighted by Gasteiger charge is 2.43. The van der Waals surface area contributed by atoms with Crippen molar-refractivity contribution in [3.8, 4) is 0 Å². The Kier molecular flexibility index (Phi) is 3.67. The van der Waals surface area contributed by atoms with E-state index in [-0.39, 0.29) is 6.04 Å². The fourth-order valence-electron chi connectivity index (χ4n) is 2.80. The van der Waals surface area contributed by atoms with Crippen LogP contribution < -0.4 is 0 Å². The van der Waals surface area contributed by atoms with Crippen LogP contribution in [0.3, 0.4) is 0 Å². The van der Waals surface area contributed by atoms with E-state index in [1.165, 1.54) is 0 Å². The molecule has 0 aliphatic carbocycles. The van der Waals surface area contributed by atoms with Gasteiger partial charge in [-0.3, -0.25) is 4.90 Å². The highest BCUT2D eigenvalue weighted by Crippen LogP contribution is 2.42. The fraction of sp³-hybridized carbons (Fsp3) is 0.500. The van der Waals surface area contributed by atoms with Gasteiger partial charge in [-0.05, 0) is 24.9 Å². The summed E-state index contributed by atoms with van der Waals surface area (Å²) in [5.74, 6) is 0.641. The van der Waals surface area contributed by atoms with Crippen molar-refractivity contribution in [3.63, 3.8) is 0 Å². The molecule has 92 valence electrons. The lowest BCUT2D eigenvalue weighted by Gasteiger charge is -2.35. The Labute approximate surface area is 105 Å². The molecule has 3 heteroatoms. The predicted octanol–water partition coefficient (Wildman–Crippen LogP) is 2.55. The molecule has 1 fully saturated rings. The van der Waals surface area contributed by atoms with Crippen molar-refractivity contribution < 1.29 is 5.11 Å². The number of hydrogen-bond donors (Lipinski definition) is 1. The van der Waals surface area contributed by atoms with Crippen LogP contribution in [0.4, 0.5) is 0 Å². The number of hydrogen-bond acceptors (Lipinski definition) is 2. The maximum atomic E-state index is 11.0. The molecular weight excluding hydrogens is 229 g/mol. The summed E-state index contributed by atoms with van der Waals surface area (Å²) >= 11 is 0. The molecule has 3 atom stereocenters. The van der Waals surface area contributed by atoms with Crippen LogP contribution in [0.15, 0.2) is 30.3 Å². The third-order valence-corrected chi connectivity index (χ3v) is 4.70. The number of likely N-dealkylation sites (tertiary alicyclic amines) is 1. The fourth-order valence-corrected chi connectivity index (χ4v) is 3.64. The third-order valence-electron chi connectivity index (χ3n) is 3.66. The SMILES string of the molecule is C=PC(O)(c1ccccc1)[C@@H]1C[C@H](C)CN1C. The van der Waals surface area contributed by atoms with Gasteiger partial charge in [-0.2, -0.15) is 0 Å². The predicted molar refractivity (Wildman–Crippen MR) is 74.6 cm³/mol. The Morgan fingerprint density at radius 2 is 2.06 bits per heavy atom. The van der Waals surface area contributed by atoms with Gasteiger partial charge >= 0.3 is 0 Å². The van der Waals surface area contributed by atoms with Crippen molar-refractivity contribution in [1.82, 2.24) is 4.90 Å². The smallest absolute Gasteiger partial charge is 0.146 e. The zero-order chi connectivity index (χ0) is 12.5. The van der Waals surface area contributed by atoms with Crippen LogP contribution in [0.2, 0.25) is 0 Å². The van der Waals surface area contributed by atoms with Crippen LogP contribution >= 0.6 is 8.20 Å². The molecule has 0 spiro atoms. The molecule has 1 unspecified atom stereocenters. The maximum Gasteiger partial charge on any atom is 0.146 e. The van der Waals surface area contributed by atoms with E-state index in [9.17, 15) is 5.11 Å². The summed E-state index contributed by atoms with van der Waals surface area (Å²) in [6, 6.07) is 10.1. The van der Waals surface area contributed by atoms with Gasteiger partial charge < -0.3 is 5.11 Å². The van der Waals surface area contributed by atoms with E-state index < -0.39 is 5.34 Å². The minimum Gasteiger partial charge on any atom is -0.375 e. The summed E-state index contributed by atoms with van der Waals surface area (Å²) in [5.41, 5.74) is 0.975. The Balaban J connectivity index is 2.35. The highest BCUT2D eigenvalue weighted by molar-refractivity contribution is 7.37. The first kappa shape index (κ1) is 12.8. The van der Waals surface area contributed by atoms with E-state index >= 15 is 0 Å². The third kappa shape index (κ3) is 2.30. The molecule has 0 amide bonds. The average molecular weight is 249 g/mol. The monoisotopic (exact) mass is 249 g/mol. The molecule has 2 nitrogen and oxygen atoms in total. The summed E-state index contributed by atoms with van der Waals surface area (Å²) in [7, 11) is 2.86. The Bertz CT molecular complexity index is 394. The minimum atomic E-state index is -0.846. The molecule has 1 N–H and O–H groups in total. The van der Waals surface area contributed by atoms with Crippen LogP contribution in [0.5, 0.6) is 0 Å². The Hall–Kier alpha value is -0.690. The van der Waals surface area contributed by atoms with Gasteiger partial charge in [0.15, 0.2) is 0 Å². The summed E-state index contributed by atoms with van der Waals surface area (Å²) in [6.45, 7) is 3.29. The first-order chi connectivity index (χ1) is 8.08. The van der Waals surface area contributed by atoms with Gasteiger partial charge in [-0.15, -0.1) is 0 Å². The van der Waals surface area contributed by atoms with E-state index in [1.54, 1.807) is 0 Å². The molecule has 0 aromatic heterocycles. The summed E-state index contributed by atoms with van der Waals surface area (Å²) in [5, 5.41) is 10.1. The molecule has 0 radical (unpaired) electrons. The van der Waals surface area contributed by atoms with Crippen LogP contribution in [-0.4, -0.2) is 35.9 Å². The van der Waals surface area contributed by atoms with Gasteiger partial charge in [-0.1, -0.05) is 51.8 Å². The molecule has 1 heterocycles. The van der Waals surface area contributed by atoms with Crippen molar-refractivity contribution in [1.29, 1.82) is 0 Å². The number of rotatable bonds is 3. The van der Waals surface area contributed by atoms with E-state index in [4.69, 9.17) is 0 Å². The largest absolute Gasteiger partial charge is 0.375 e. The average Bonchev–Trinajstić information content (AvgIpc) is 2.69. The maximum absolute atomic E-state index is 11.0. The van der Waals surface area contributed by atoms with E-state index in [0.717, 1.165) is 26.7 Å². The van der Waals surface area contributed by atoms with Crippen LogP contribution in [0, 0.1) is 5.92 Å². The number of likely N-dealkylation sites (N-methyl/N-ethyl adjacent to an activating group) is 1. The second-order valence-corrected chi connectivity index (χ2v) is 6.04. The van der Waals surface area contributed by atoms with Crippen LogP contribution in [0.25, 0.3) is 0 Å². The van der Waals surface area contributed by atoms with E-state index in [0.29, 0.717) is 5.92 Å². The van der Waals surface area contributed by atoms with Crippen molar-refractivity contribution >= 4 is 14.5 Å². The Morgan fingerprint density at radius 3 is 2.53 bits per heavy atom. The van der Waals surface area contributed by atoms with Gasteiger partial charge in [0, 0.05) is 6.54 Å². The molecular formula is C14H20NOP. The van der Waals surface area contributed by atoms with Gasteiger partial charge in [-0.25, -0.2) is 0 Å². The van der Waals surface area contributed by atoms with Gasteiger partial charge in [0.2, 0.25) is 0 Å². The molecule has 1 saturated heterocycles. The summed E-state index contributed by atoms with van der Waals surface area (Å²) in [6.07, 6.45) is 4.97. The van der Waals surface area contributed by atoms with E-state index in [2.05, 4.69) is 25.2 Å². The standard InChI is InChI=1S/C14H20NOP/c1-11-9-13(15(2)10-11)14(16,17-3)12-7-5-4-6-8-12/h4-8,11,13,16H,3,9-10H2,1-2H3/t11-,13-,14?/m0/s1. The molecule has 17 heavy (non-hydrogen) atoms. The molecule has 1 aliphatic rings. The van der Waals surface area contributed by atoms with Crippen molar-refractivity contribution in [2.75, 3.05) is 13.6 Å². The zero-order valence-electron chi connectivity index (χ0n) is 10.5. The number of nitrogens with zero attached hydrogens (tertiary/aromatic N) is 1. The normalized spacial score (nSPS) is 29.4. The van der Waals surface area contributed by atoms with Crippen LogP contribution in [-0.2, 0) is 5.34 Å². The highest BCUT2D eigenvalue weighted by atomic mass is 31.1. The number of aliphatic hydroxyl groups is 1. The quantitative estimate of drug-likeness (QED) is 0.832. The second-order valence-electron chi connectivity index (χ2n) is 5.05. The molecule has 0 saturated carbocycles. The van der Waals surface area contributed by atoms with Crippen molar-refractivity contribution in [3.05, 3.63) is 35.9 Å². The zero-order valence-corrected chi connectivity index (χ0v) is 11.4. The van der Waals surface area contributed by atoms with E-state index in [1.807, 2.05) is 30.3 Å². The van der Waals surface area contributed by atoms with Gasteiger partial charge in [0.25, 0.3) is 0 Å². The molecule has 1 aliphatic heterocycles. The lowest BCUT2D eigenvalue weighted by Crippen LogP contribution is -2.42. The number of benzene rings is 1. The van der Waals surface area contributed by atoms with Crippen molar-refractivity contribution in [2.45, 2.75) is 24.7 Å². The molecule has 1 aromatic rings. The van der Waals surface area contributed by atoms with Crippen molar-refractivity contribution in [2.24, 2.45) is 5.92 Å². The van der Waals surface area contributed by atoms with Gasteiger partial charge in [0.05, 0.1) is 6.04 Å². The first-order valence-corrected chi connectivity index (χ1v) is 7.12. The molecule has 1 aromatic carbocycles. The topological polar surface area (TPSA) is 23.5 Å². The first-order valence-electron chi connectivity index (χ1n) is 6.04. The van der Waals surface area contributed by atoms with Crippen LogP contribution in [0.1, 0.15) is 18.9 Å². The summed E-state index contributed by atoms with van der Waals surface area (Å²) in [4.78, 5) is 2.26. The van der Waals surface area contributed by atoms with Gasteiger partial charge in [0.1, 0.15) is 5.34 Å². The molecule has 2 rings (SSSR count). The minimum absolute atomic E-state index is 0.166.